The molecule has 5 atom stereocenters. The molecule has 2 aromatic heterocycles. The van der Waals surface area contributed by atoms with E-state index in [-0.39, 0.29) is 35.1 Å². The van der Waals surface area contributed by atoms with Crippen LogP contribution in [0.2, 0.25) is 5.28 Å². The maximum Gasteiger partial charge on any atom is 0.490 e. The quantitative estimate of drug-likeness (QED) is 0.151. The second-order valence-corrected chi connectivity index (χ2v) is 11.7. The molecule has 182 valence electrons. The standard InChI is InChI=1S/C13H17ClN5O11P3/c1-2-13(5-28-32(24,25)30-33(26,27)29-31(21,22)23)4-7(3-8(13)20)19-6-16-9-10(15)17-12(14)18-11(9)19/h1,6-8,20H,3-5H2,(H,24,25)(H,26,27)(H2,15,17,18)(H2,21,22,23)/t7-,8-,13+/m0/s1. The van der Waals surface area contributed by atoms with Crippen LogP contribution in [0, 0.1) is 17.8 Å². The van der Waals surface area contributed by atoms with Crippen LogP contribution >= 0.6 is 35.1 Å². The molecule has 1 saturated carbocycles. The van der Waals surface area contributed by atoms with Crippen molar-refractivity contribution < 1.29 is 51.5 Å². The summed E-state index contributed by atoms with van der Waals surface area (Å²) in [5.41, 5.74) is 4.70. The van der Waals surface area contributed by atoms with Gasteiger partial charge in [-0.15, -0.1) is 6.42 Å². The minimum absolute atomic E-state index is 0.0247. The zero-order chi connectivity index (χ0) is 24.8. The Morgan fingerprint density at radius 3 is 2.52 bits per heavy atom. The molecule has 0 spiro atoms. The van der Waals surface area contributed by atoms with Crippen LogP contribution in [0.25, 0.3) is 11.2 Å². The number of imidazole rings is 1. The van der Waals surface area contributed by atoms with Gasteiger partial charge in [-0.25, -0.2) is 18.7 Å². The first-order chi connectivity index (χ1) is 15.1. The zero-order valence-corrected chi connectivity index (χ0v) is 19.6. The molecule has 0 bridgehead atoms. The first-order valence-corrected chi connectivity index (χ1v) is 13.6. The second-order valence-electron chi connectivity index (χ2n) is 6.98. The molecule has 16 nitrogen and oxygen atoms in total. The Balaban J connectivity index is 1.78. The average molecular weight is 548 g/mol. The van der Waals surface area contributed by atoms with Crippen molar-refractivity contribution in [1.29, 1.82) is 0 Å². The molecule has 1 aliphatic carbocycles. The third kappa shape index (κ3) is 5.98. The predicted octanol–water partition coefficient (Wildman–Crippen LogP) is 0.721. The van der Waals surface area contributed by atoms with Crippen molar-refractivity contribution >= 4 is 52.1 Å². The summed E-state index contributed by atoms with van der Waals surface area (Å²) in [5, 5.41) is 10.4. The van der Waals surface area contributed by atoms with E-state index in [1.807, 2.05) is 0 Å². The number of aromatic nitrogens is 4. The van der Waals surface area contributed by atoms with E-state index >= 15 is 0 Å². The van der Waals surface area contributed by atoms with E-state index in [9.17, 15) is 28.6 Å². The minimum Gasteiger partial charge on any atom is -0.391 e. The lowest BCUT2D eigenvalue weighted by Crippen LogP contribution is -2.33. The Hall–Kier alpha value is -1.43. The van der Waals surface area contributed by atoms with Crippen LogP contribution in [0.4, 0.5) is 5.82 Å². The van der Waals surface area contributed by atoms with Gasteiger partial charge in [0.25, 0.3) is 0 Å². The van der Waals surface area contributed by atoms with Gasteiger partial charge in [0.2, 0.25) is 5.28 Å². The minimum atomic E-state index is -5.70. The van der Waals surface area contributed by atoms with Crippen LogP contribution in [0.1, 0.15) is 18.9 Å². The van der Waals surface area contributed by atoms with Crippen molar-refractivity contribution in [3.63, 3.8) is 0 Å². The highest BCUT2D eigenvalue weighted by Crippen LogP contribution is 2.66. The van der Waals surface area contributed by atoms with Gasteiger partial charge < -0.3 is 35.0 Å². The van der Waals surface area contributed by atoms with Crippen LogP contribution in [0.3, 0.4) is 0 Å². The van der Waals surface area contributed by atoms with Crippen LogP contribution in [0.15, 0.2) is 6.33 Å². The van der Waals surface area contributed by atoms with E-state index in [1.54, 1.807) is 0 Å². The molecule has 0 radical (unpaired) electrons. The maximum atomic E-state index is 12.0. The lowest BCUT2D eigenvalue weighted by atomic mass is 9.86. The molecule has 1 aliphatic rings. The van der Waals surface area contributed by atoms with Gasteiger partial charge in [-0.2, -0.15) is 18.6 Å². The summed E-state index contributed by atoms with van der Waals surface area (Å²) in [7, 11) is -16.7. The number of nitrogens with zero attached hydrogens (tertiary/aromatic N) is 4. The van der Waals surface area contributed by atoms with E-state index in [0.717, 1.165) is 0 Å². The average Bonchev–Trinajstić information content (AvgIpc) is 3.18. The Bertz CT molecular complexity index is 1260. The number of nitrogen functional groups attached to an aromatic ring is 1. The molecule has 2 aromatic rings. The largest absolute Gasteiger partial charge is 0.490 e. The molecule has 0 aromatic carbocycles. The van der Waals surface area contributed by atoms with E-state index in [4.69, 9.17) is 33.5 Å². The molecule has 7 N–H and O–H groups in total. The molecule has 20 heteroatoms. The third-order valence-corrected chi connectivity index (χ3v) is 8.69. The van der Waals surface area contributed by atoms with Gasteiger partial charge in [-0.1, -0.05) is 5.92 Å². The number of aliphatic hydroxyl groups is 1. The predicted molar refractivity (Wildman–Crippen MR) is 110 cm³/mol. The van der Waals surface area contributed by atoms with Crippen LogP contribution in [-0.4, -0.2) is 56.9 Å². The van der Waals surface area contributed by atoms with Gasteiger partial charge in [-0.05, 0) is 24.4 Å². The maximum absolute atomic E-state index is 12.0. The summed E-state index contributed by atoms with van der Waals surface area (Å²) >= 11 is 5.84. The number of aliphatic hydroxyl groups excluding tert-OH is 1. The number of rotatable bonds is 8. The highest BCUT2D eigenvalue weighted by Gasteiger charge is 2.49. The molecule has 2 heterocycles. The fourth-order valence-corrected chi connectivity index (χ4v) is 6.62. The van der Waals surface area contributed by atoms with Crippen molar-refractivity contribution in [3.05, 3.63) is 11.6 Å². The molecule has 33 heavy (non-hydrogen) atoms. The van der Waals surface area contributed by atoms with E-state index in [2.05, 4.69) is 34.0 Å². The van der Waals surface area contributed by atoms with Gasteiger partial charge in [0.1, 0.15) is 5.52 Å². The normalized spacial score (nSPS) is 27.2. The number of phosphoric acid groups is 3. The summed E-state index contributed by atoms with van der Waals surface area (Å²) in [5.74, 6) is 2.32. The third-order valence-electron chi connectivity index (χ3n) is 4.74. The second kappa shape index (κ2) is 8.98. The SMILES string of the molecule is C#C[C@]1(COP(=O)(O)OP(=O)(O)OP(=O)(O)O)C[C@@H](n2cnc3c(N)nc(Cl)nc32)C[C@@H]1O. The number of nitrogens with two attached hydrogens (primary N) is 1. The summed E-state index contributed by atoms with van der Waals surface area (Å²) < 4.78 is 47.7. The monoisotopic (exact) mass is 547 g/mol. The number of hydrogen-bond donors (Lipinski definition) is 6. The Morgan fingerprint density at radius 2 is 1.91 bits per heavy atom. The summed E-state index contributed by atoms with van der Waals surface area (Å²) in [6, 6.07) is -0.545. The molecule has 1 fully saturated rings. The zero-order valence-electron chi connectivity index (χ0n) is 16.2. The first-order valence-electron chi connectivity index (χ1n) is 8.66. The number of terminal acetylenes is 1. The van der Waals surface area contributed by atoms with Crippen molar-refractivity contribution in [2.45, 2.75) is 25.0 Å². The molecule has 3 rings (SSSR count). The molecular formula is C13H17ClN5O11P3. The Labute approximate surface area is 190 Å². The highest BCUT2D eigenvalue weighted by atomic mass is 35.5. The molecule has 2 unspecified atom stereocenters. The summed E-state index contributed by atoms with van der Waals surface area (Å²) in [6.45, 7) is -0.838. The number of hydrogen-bond acceptors (Lipinski definition) is 11. The topological polar surface area (TPSA) is 250 Å². The van der Waals surface area contributed by atoms with Gasteiger partial charge in [-0.3, -0.25) is 4.52 Å². The van der Waals surface area contributed by atoms with Gasteiger partial charge >= 0.3 is 23.5 Å². The van der Waals surface area contributed by atoms with E-state index in [1.165, 1.54) is 10.9 Å². The fourth-order valence-electron chi connectivity index (χ4n) is 3.36. The van der Waals surface area contributed by atoms with Gasteiger partial charge in [0, 0.05) is 6.04 Å². The number of phosphoric ester groups is 1. The van der Waals surface area contributed by atoms with Crippen molar-refractivity contribution in [2.75, 3.05) is 12.3 Å². The Kier molecular flexibility index (Phi) is 7.12. The fraction of sp³-hybridized carbons (Fsp3) is 0.462. The smallest absolute Gasteiger partial charge is 0.391 e. The van der Waals surface area contributed by atoms with Crippen LogP contribution < -0.4 is 5.73 Å². The summed E-state index contributed by atoms with van der Waals surface area (Å²) in [6.07, 6.45) is 5.63. The van der Waals surface area contributed by atoms with Crippen molar-refractivity contribution in [1.82, 2.24) is 19.5 Å². The van der Waals surface area contributed by atoms with Crippen molar-refractivity contribution in [2.24, 2.45) is 5.41 Å². The lowest BCUT2D eigenvalue weighted by Gasteiger charge is -2.27. The Morgan fingerprint density at radius 1 is 1.24 bits per heavy atom. The lowest BCUT2D eigenvalue weighted by molar-refractivity contribution is 0.0443. The van der Waals surface area contributed by atoms with Gasteiger partial charge in [0.05, 0.1) is 24.5 Å². The number of halogens is 1. The highest BCUT2D eigenvalue weighted by molar-refractivity contribution is 7.66. The molecule has 0 amide bonds. The van der Waals surface area contributed by atoms with Crippen LogP contribution in [0.5, 0.6) is 0 Å². The van der Waals surface area contributed by atoms with E-state index in [0.29, 0.717) is 0 Å². The number of fused-ring (bicyclic) bond motifs is 1. The first kappa shape index (κ1) is 26.2. The van der Waals surface area contributed by atoms with Crippen molar-refractivity contribution in [3.8, 4) is 12.3 Å². The van der Waals surface area contributed by atoms with Gasteiger partial charge in [0.15, 0.2) is 11.5 Å². The molecule has 0 saturated heterocycles. The van der Waals surface area contributed by atoms with Crippen LogP contribution in [-0.2, 0) is 26.8 Å². The summed E-state index contributed by atoms with van der Waals surface area (Å²) in [4.78, 5) is 48.0. The molecular weight excluding hydrogens is 531 g/mol. The van der Waals surface area contributed by atoms with E-state index < -0.39 is 47.6 Å². The number of anilines is 1. The molecule has 0 aliphatic heterocycles.